The molecule has 1 aliphatic heterocycles. The molecule has 1 atom stereocenters. The molecule has 2 N–H and O–H groups in total. The maximum absolute atomic E-state index is 13.7. The van der Waals surface area contributed by atoms with E-state index >= 15 is 0 Å². The second-order valence-corrected chi connectivity index (χ2v) is 11.2. The Bertz CT molecular complexity index is 1300. The Morgan fingerprint density at radius 1 is 1.12 bits per heavy atom. The van der Waals surface area contributed by atoms with Gasteiger partial charge in [0.1, 0.15) is 5.75 Å². The lowest BCUT2D eigenvalue weighted by Gasteiger charge is -2.34. The van der Waals surface area contributed by atoms with Gasteiger partial charge in [0.25, 0.3) is 5.91 Å². The highest BCUT2D eigenvalue weighted by atomic mass is 35.5. The summed E-state index contributed by atoms with van der Waals surface area (Å²) in [5, 5.41) is 12.2. The number of alkyl halides is 3. The largest absolute Gasteiger partial charge is 0.484 e. The first kappa shape index (κ1) is 32.4. The number of benzene rings is 2. The maximum Gasteiger partial charge on any atom is 0.422 e. The Kier molecular flexibility index (Phi) is 10.8. The zero-order valence-corrected chi connectivity index (χ0v) is 24.7. The molecule has 9 nitrogen and oxygen atoms in total. The normalized spacial score (nSPS) is 17.6. The fourth-order valence-corrected chi connectivity index (χ4v) is 5.86. The molecule has 2 aromatic carbocycles. The summed E-state index contributed by atoms with van der Waals surface area (Å²) < 4.78 is 42.4. The third-order valence-corrected chi connectivity index (χ3v) is 8.06. The van der Waals surface area contributed by atoms with Gasteiger partial charge in [-0.15, -0.1) is 0 Å². The van der Waals surface area contributed by atoms with E-state index in [1.54, 1.807) is 41.0 Å². The first-order valence-electron chi connectivity index (χ1n) is 14.3. The van der Waals surface area contributed by atoms with E-state index in [1.165, 1.54) is 17.0 Å². The van der Waals surface area contributed by atoms with E-state index in [0.717, 1.165) is 38.2 Å². The molecule has 234 valence electrons. The lowest BCUT2D eigenvalue weighted by molar-refractivity contribution is -0.153. The van der Waals surface area contributed by atoms with Crippen molar-refractivity contribution in [1.82, 2.24) is 15.1 Å². The van der Waals surface area contributed by atoms with Crippen LogP contribution in [0.15, 0.2) is 42.5 Å². The average molecular weight is 625 g/mol. The highest BCUT2D eigenvalue weighted by Crippen LogP contribution is 2.32. The van der Waals surface area contributed by atoms with Crippen LogP contribution in [0, 0.1) is 0 Å². The van der Waals surface area contributed by atoms with E-state index in [1.807, 2.05) is 0 Å². The highest BCUT2D eigenvalue weighted by molar-refractivity contribution is 6.34. The van der Waals surface area contributed by atoms with Gasteiger partial charge in [0.15, 0.2) is 6.61 Å². The van der Waals surface area contributed by atoms with Gasteiger partial charge in [0.05, 0.1) is 23.7 Å². The Morgan fingerprint density at radius 3 is 2.51 bits per heavy atom. The first-order chi connectivity index (χ1) is 20.5. The van der Waals surface area contributed by atoms with Gasteiger partial charge in [-0.3, -0.25) is 9.59 Å². The number of aliphatic hydroxyl groups excluding tert-OH is 1. The predicted octanol–water partition coefficient (Wildman–Crippen LogP) is 5.00. The van der Waals surface area contributed by atoms with Gasteiger partial charge >= 0.3 is 12.2 Å². The van der Waals surface area contributed by atoms with E-state index in [-0.39, 0.29) is 61.1 Å². The van der Waals surface area contributed by atoms with Crippen molar-refractivity contribution in [2.45, 2.75) is 63.8 Å². The summed E-state index contributed by atoms with van der Waals surface area (Å²) in [5.41, 5.74) is 1.32. The van der Waals surface area contributed by atoms with Crippen LogP contribution < -0.4 is 15.0 Å². The minimum atomic E-state index is -4.52. The molecular weight excluding hydrogens is 589 g/mol. The predicted molar refractivity (Wildman–Crippen MR) is 155 cm³/mol. The van der Waals surface area contributed by atoms with Gasteiger partial charge in [-0.2, -0.15) is 13.2 Å². The fourth-order valence-electron chi connectivity index (χ4n) is 5.61. The van der Waals surface area contributed by atoms with E-state index in [4.69, 9.17) is 16.3 Å². The third-order valence-electron chi connectivity index (χ3n) is 7.75. The van der Waals surface area contributed by atoms with Crippen molar-refractivity contribution in [2.75, 3.05) is 37.7 Å². The number of nitrogens with zero attached hydrogens (tertiary/aromatic N) is 3. The Balaban J connectivity index is 1.47. The van der Waals surface area contributed by atoms with Gasteiger partial charge < -0.3 is 29.9 Å². The number of amides is 4. The molecule has 13 heteroatoms. The summed E-state index contributed by atoms with van der Waals surface area (Å²) in [4.78, 5) is 44.9. The molecule has 1 saturated carbocycles. The lowest BCUT2D eigenvalue weighted by atomic mass is 9.94. The second kappa shape index (κ2) is 14.3. The Hall–Kier alpha value is -3.51. The minimum absolute atomic E-state index is 0.0472. The molecule has 0 aromatic heterocycles. The number of fused-ring (bicyclic) bond motifs is 1. The number of halogens is 4. The van der Waals surface area contributed by atoms with Crippen molar-refractivity contribution in [3.05, 3.63) is 58.6 Å². The standard InChI is InChI=1S/C30H36ClF3N4O5/c1-20-17-38(28(41)24-12-11-23(15-25(24)31)43-19-30(32,33)34)26-10-6-5-7-21(26)18-37(20)29(42)35-16-27(40)36(13-14-39)22-8-3-2-4-9-22/h5-7,10-12,15,20,22,39H,2-4,8-9,13-14,16-19H2,1H3,(H,35,42)/t20-/m1/s1. The van der Waals surface area contributed by atoms with E-state index in [2.05, 4.69) is 5.32 Å². The molecule has 0 unspecified atom stereocenters. The molecule has 0 bridgehead atoms. The van der Waals surface area contributed by atoms with Crippen LogP contribution in [0.4, 0.5) is 23.7 Å². The fraction of sp³-hybridized carbons (Fsp3) is 0.500. The van der Waals surface area contributed by atoms with Crippen LogP contribution in [-0.4, -0.2) is 83.9 Å². The topological polar surface area (TPSA) is 102 Å². The number of anilines is 1. The van der Waals surface area contributed by atoms with Crippen molar-refractivity contribution in [2.24, 2.45) is 0 Å². The molecular formula is C30H36ClF3N4O5. The smallest absolute Gasteiger partial charge is 0.422 e. The molecule has 43 heavy (non-hydrogen) atoms. The van der Waals surface area contributed by atoms with Crippen molar-refractivity contribution < 1.29 is 37.4 Å². The molecule has 1 fully saturated rings. The molecule has 4 rings (SSSR count). The SMILES string of the molecule is C[C@@H]1CN(C(=O)c2ccc(OCC(F)(F)F)cc2Cl)c2ccccc2CN1C(=O)NCC(=O)N(CCO)C1CCCCC1. The lowest BCUT2D eigenvalue weighted by Crippen LogP contribution is -2.52. The minimum Gasteiger partial charge on any atom is -0.484 e. The number of carbonyl (C=O) groups excluding carboxylic acids is 3. The summed E-state index contributed by atoms with van der Waals surface area (Å²) in [5.74, 6) is -0.871. The number of nitrogens with one attached hydrogen (secondary N) is 1. The highest BCUT2D eigenvalue weighted by Gasteiger charge is 2.33. The molecule has 1 heterocycles. The number of para-hydroxylation sites is 1. The van der Waals surface area contributed by atoms with Crippen LogP contribution in [0.2, 0.25) is 5.02 Å². The van der Waals surface area contributed by atoms with Gasteiger partial charge in [0, 0.05) is 37.4 Å². The van der Waals surface area contributed by atoms with Gasteiger partial charge in [-0.1, -0.05) is 49.1 Å². The van der Waals surface area contributed by atoms with E-state index in [0.29, 0.717) is 11.3 Å². The maximum atomic E-state index is 13.7. The molecule has 0 radical (unpaired) electrons. The Morgan fingerprint density at radius 2 is 1.84 bits per heavy atom. The van der Waals surface area contributed by atoms with Crippen LogP contribution >= 0.6 is 11.6 Å². The van der Waals surface area contributed by atoms with Crippen molar-refractivity contribution >= 4 is 35.1 Å². The van der Waals surface area contributed by atoms with Crippen LogP contribution in [0.1, 0.15) is 54.9 Å². The van der Waals surface area contributed by atoms with Crippen molar-refractivity contribution in [3.8, 4) is 5.75 Å². The summed E-state index contributed by atoms with van der Waals surface area (Å²) >= 11 is 6.32. The van der Waals surface area contributed by atoms with Crippen molar-refractivity contribution in [1.29, 1.82) is 0 Å². The first-order valence-corrected chi connectivity index (χ1v) is 14.7. The monoisotopic (exact) mass is 624 g/mol. The number of hydrogen-bond acceptors (Lipinski definition) is 5. The van der Waals surface area contributed by atoms with Crippen LogP contribution in [-0.2, 0) is 11.3 Å². The summed E-state index contributed by atoms with van der Waals surface area (Å²) in [6.07, 6.45) is 0.386. The molecule has 0 saturated heterocycles. The quantitative estimate of drug-likeness (QED) is 0.431. The van der Waals surface area contributed by atoms with Gasteiger partial charge in [0.2, 0.25) is 5.91 Å². The van der Waals surface area contributed by atoms with Crippen LogP contribution in [0.5, 0.6) is 5.75 Å². The zero-order valence-electron chi connectivity index (χ0n) is 23.9. The molecule has 2 aromatic rings. The van der Waals surface area contributed by atoms with E-state index in [9.17, 15) is 32.7 Å². The molecule has 2 aliphatic rings. The summed E-state index contributed by atoms with van der Waals surface area (Å²) in [6, 6.07) is 9.91. The number of hydrogen-bond donors (Lipinski definition) is 2. The number of ether oxygens (including phenoxy) is 1. The molecule has 1 aliphatic carbocycles. The second-order valence-electron chi connectivity index (χ2n) is 10.8. The Labute approximate surface area is 253 Å². The zero-order chi connectivity index (χ0) is 31.1. The number of carbonyl (C=O) groups is 3. The summed E-state index contributed by atoms with van der Waals surface area (Å²) in [6.45, 7) is 0.387. The molecule has 0 spiro atoms. The summed E-state index contributed by atoms with van der Waals surface area (Å²) in [7, 11) is 0. The number of urea groups is 1. The van der Waals surface area contributed by atoms with Crippen LogP contribution in [0.3, 0.4) is 0 Å². The third kappa shape index (κ3) is 8.32. The number of aliphatic hydroxyl groups is 1. The number of rotatable bonds is 8. The van der Waals surface area contributed by atoms with Crippen molar-refractivity contribution in [3.63, 3.8) is 0 Å². The van der Waals surface area contributed by atoms with E-state index < -0.39 is 30.8 Å². The van der Waals surface area contributed by atoms with Crippen LogP contribution in [0.25, 0.3) is 0 Å². The molecule has 4 amide bonds. The average Bonchev–Trinajstić information content (AvgIpc) is 3.13. The van der Waals surface area contributed by atoms with Gasteiger partial charge in [-0.25, -0.2) is 4.79 Å². The van der Waals surface area contributed by atoms with Gasteiger partial charge in [-0.05, 0) is 49.6 Å².